The van der Waals surface area contributed by atoms with Crippen molar-refractivity contribution in [2.24, 2.45) is 23.5 Å². The number of fused-ring (bicyclic) bond motifs is 2. The zero-order chi connectivity index (χ0) is 10.1. The standard InChI is InChI=1S/C11H20N2O/c1-13-6-8-4-10(14)5-9(7-13)11(8)2-3-12/h8-9,11H,2-7,12H2,1H3. The minimum Gasteiger partial charge on any atom is -0.330 e. The van der Waals surface area contributed by atoms with Gasteiger partial charge >= 0.3 is 0 Å². The molecule has 80 valence electrons. The van der Waals surface area contributed by atoms with Crippen LogP contribution in [0.15, 0.2) is 0 Å². The first kappa shape index (κ1) is 10.1. The highest BCUT2D eigenvalue weighted by Gasteiger charge is 2.40. The lowest BCUT2D eigenvalue weighted by atomic mass is 9.67. The number of Topliss-reactive ketones (excluding diaryl/α,β-unsaturated/α-hetero) is 1. The van der Waals surface area contributed by atoms with E-state index >= 15 is 0 Å². The van der Waals surface area contributed by atoms with Crippen LogP contribution < -0.4 is 5.73 Å². The number of carbonyl (C=O) groups is 1. The average Bonchev–Trinajstić information content (AvgIpc) is 2.07. The molecule has 2 fully saturated rings. The van der Waals surface area contributed by atoms with Crippen molar-refractivity contribution in [1.29, 1.82) is 0 Å². The molecule has 3 heteroatoms. The van der Waals surface area contributed by atoms with Crippen molar-refractivity contribution in [2.75, 3.05) is 26.7 Å². The van der Waals surface area contributed by atoms with Gasteiger partial charge in [0, 0.05) is 25.9 Å². The molecule has 1 aliphatic heterocycles. The van der Waals surface area contributed by atoms with Crippen molar-refractivity contribution in [3.05, 3.63) is 0 Å². The molecule has 0 spiro atoms. The Morgan fingerprint density at radius 1 is 1.36 bits per heavy atom. The molecule has 14 heavy (non-hydrogen) atoms. The zero-order valence-corrected chi connectivity index (χ0v) is 8.91. The lowest BCUT2D eigenvalue weighted by Crippen LogP contribution is -2.49. The van der Waals surface area contributed by atoms with E-state index in [2.05, 4.69) is 11.9 Å². The molecule has 3 nitrogen and oxygen atoms in total. The summed E-state index contributed by atoms with van der Waals surface area (Å²) in [5, 5.41) is 0. The van der Waals surface area contributed by atoms with Crippen LogP contribution in [0.4, 0.5) is 0 Å². The molecule has 0 aromatic heterocycles. The van der Waals surface area contributed by atoms with Crippen LogP contribution in [0.2, 0.25) is 0 Å². The SMILES string of the molecule is CN1CC2CC(=O)CC(C1)C2CCN. The van der Waals surface area contributed by atoms with E-state index in [1.54, 1.807) is 0 Å². The molecule has 2 N–H and O–H groups in total. The summed E-state index contributed by atoms with van der Waals surface area (Å²) < 4.78 is 0. The molecule has 2 aliphatic rings. The van der Waals surface area contributed by atoms with Crippen molar-refractivity contribution in [1.82, 2.24) is 4.90 Å². The highest BCUT2D eigenvalue weighted by Crippen LogP contribution is 2.39. The number of hydrogen-bond donors (Lipinski definition) is 1. The second-order valence-electron chi connectivity index (χ2n) is 4.93. The van der Waals surface area contributed by atoms with Crippen molar-refractivity contribution in [3.8, 4) is 0 Å². The first-order valence-corrected chi connectivity index (χ1v) is 5.61. The molecule has 2 unspecified atom stereocenters. The van der Waals surface area contributed by atoms with Crippen molar-refractivity contribution >= 4 is 5.78 Å². The fourth-order valence-electron chi connectivity index (χ4n) is 3.29. The van der Waals surface area contributed by atoms with Gasteiger partial charge in [-0.1, -0.05) is 0 Å². The fourth-order valence-corrected chi connectivity index (χ4v) is 3.29. The van der Waals surface area contributed by atoms with Gasteiger partial charge in [0.05, 0.1) is 0 Å². The second-order valence-corrected chi connectivity index (χ2v) is 4.93. The molecule has 1 heterocycles. The predicted molar refractivity (Wildman–Crippen MR) is 55.9 cm³/mol. The number of likely N-dealkylation sites (tertiary alicyclic amines) is 1. The second kappa shape index (κ2) is 3.99. The Kier molecular flexibility index (Phi) is 2.88. The van der Waals surface area contributed by atoms with Gasteiger partial charge in [0.25, 0.3) is 0 Å². The molecule has 0 radical (unpaired) electrons. The summed E-state index contributed by atoms with van der Waals surface area (Å²) in [5.41, 5.74) is 5.63. The maximum atomic E-state index is 11.5. The molecule has 1 aliphatic carbocycles. The molecular weight excluding hydrogens is 176 g/mol. The Hall–Kier alpha value is -0.410. The van der Waals surface area contributed by atoms with Gasteiger partial charge in [-0.25, -0.2) is 0 Å². The average molecular weight is 196 g/mol. The van der Waals surface area contributed by atoms with Crippen molar-refractivity contribution < 1.29 is 4.79 Å². The lowest BCUT2D eigenvalue weighted by molar-refractivity contribution is -0.127. The van der Waals surface area contributed by atoms with Crippen LogP contribution in [0.25, 0.3) is 0 Å². The van der Waals surface area contributed by atoms with E-state index in [1.165, 1.54) is 0 Å². The normalized spacial score (nSPS) is 38.7. The fraction of sp³-hybridized carbons (Fsp3) is 0.909. The smallest absolute Gasteiger partial charge is 0.133 e. The van der Waals surface area contributed by atoms with Crippen LogP contribution in [0.5, 0.6) is 0 Å². The van der Waals surface area contributed by atoms with E-state index in [1.807, 2.05) is 0 Å². The van der Waals surface area contributed by atoms with Gasteiger partial charge in [-0.2, -0.15) is 0 Å². The Balaban J connectivity index is 2.08. The number of ketones is 1. The van der Waals surface area contributed by atoms with Crippen LogP contribution in [0.1, 0.15) is 19.3 Å². The van der Waals surface area contributed by atoms with Crippen molar-refractivity contribution in [3.63, 3.8) is 0 Å². The third kappa shape index (κ3) is 1.84. The molecular formula is C11H20N2O. The van der Waals surface area contributed by atoms with Crippen LogP contribution >= 0.6 is 0 Å². The van der Waals surface area contributed by atoms with E-state index in [9.17, 15) is 4.79 Å². The summed E-state index contributed by atoms with van der Waals surface area (Å²) in [6.07, 6.45) is 2.70. The van der Waals surface area contributed by atoms with Gasteiger partial charge < -0.3 is 10.6 Å². The number of nitrogens with zero attached hydrogens (tertiary/aromatic N) is 1. The van der Waals surface area contributed by atoms with Gasteiger partial charge in [0.15, 0.2) is 0 Å². The van der Waals surface area contributed by atoms with Gasteiger partial charge in [0.2, 0.25) is 0 Å². The third-order valence-electron chi connectivity index (χ3n) is 3.78. The molecule has 0 amide bonds. The summed E-state index contributed by atoms with van der Waals surface area (Å²) in [5.74, 6) is 2.36. The van der Waals surface area contributed by atoms with Crippen LogP contribution in [0, 0.1) is 17.8 Å². The van der Waals surface area contributed by atoms with E-state index in [4.69, 9.17) is 5.73 Å². The zero-order valence-electron chi connectivity index (χ0n) is 8.91. The predicted octanol–water partition coefficient (Wildman–Crippen LogP) is 0.492. The quantitative estimate of drug-likeness (QED) is 0.699. The highest BCUT2D eigenvalue weighted by molar-refractivity contribution is 5.80. The molecule has 1 saturated carbocycles. The topological polar surface area (TPSA) is 46.3 Å². The first-order valence-electron chi connectivity index (χ1n) is 5.61. The van der Waals surface area contributed by atoms with Crippen LogP contribution in [0.3, 0.4) is 0 Å². The number of hydrogen-bond acceptors (Lipinski definition) is 3. The van der Waals surface area contributed by atoms with Gasteiger partial charge in [0.1, 0.15) is 5.78 Å². The number of rotatable bonds is 2. The Labute approximate surface area is 85.6 Å². The lowest BCUT2D eigenvalue weighted by Gasteiger charge is -2.45. The molecule has 2 rings (SSSR count). The summed E-state index contributed by atoms with van der Waals surface area (Å²) in [6.45, 7) is 2.95. The molecule has 2 atom stereocenters. The molecule has 0 aromatic rings. The minimum atomic E-state index is 0.473. The maximum Gasteiger partial charge on any atom is 0.133 e. The number of nitrogens with two attached hydrogens (primary N) is 1. The van der Waals surface area contributed by atoms with E-state index in [0.29, 0.717) is 23.5 Å². The van der Waals surface area contributed by atoms with E-state index in [0.717, 1.165) is 38.9 Å². The van der Waals surface area contributed by atoms with Gasteiger partial charge in [-0.05, 0) is 37.8 Å². The van der Waals surface area contributed by atoms with Crippen LogP contribution in [-0.4, -0.2) is 37.4 Å². The summed E-state index contributed by atoms with van der Waals surface area (Å²) >= 11 is 0. The summed E-state index contributed by atoms with van der Waals surface area (Å²) in [6, 6.07) is 0. The third-order valence-corrected chi connectivity index (χ3v) is 3.78. The Morgan fingerprint density at radius 2 is 1.93 bits per heavy atom. The maximum absolute atomic E-state index is 11.5. The first-order chi connectivity index (χ1) is 6.70. The summed E-state index contributed by atoms with van der Waals surface area (Å²) in [4.78, 5) is 13.9. The molecule has 0 aromatic carbocycles. The number of carbonyl (C=O) groups excluding carboxylic acids is 1. The summed E-state index contributed by atoms with van der Waals surface area (Å²) in [7, 11) is 2.16. The Bertz CT molecular complexity index is 211. The van der Waals surface area contributed by atoms with Gasteiger partial charge in [-0.3, -0.25) is 4.79 Å². The monoisotopic (exact) mass is 196 g/mol. The van der Waals surface area contributed by atoms with Crippen molar-refractivity contribution in [2.45, 2.75) is 19.3 Å². The molecule has 2 bridgehead atoms. The minimum absolute atomic E-state index is 0.473. The molecule has 1 saturated heterocycles. The largest absolute Gasteiger partial charge is 0.330 e. The van der Waals surface area contributed by atoms with Gasteiger partial charge in [-0.15, -0.1) is 0 Å². The van der Waals surface area contributed by atoms with E-state index < -0.39 is 0 Å². The number of piperidine rings is 1. The van der Waals surface area contributed by atoms with E-state index in [-0.39, 0.29) is 0 Å². The Morgan fingerprint density at radius 3 is 2.43 bits per heavy atom. The van der Waals surface area contributed by atoms with Crippen LogP contribution in [-0.2, 0) is 4.79 Å². The highest BCUT2D eigenvalue weighted by atomic mass is 16.1.